The third-order valence-electron chi connectivity index (χ3n) is 4.30. The standard InChI is InChI=1S/C13H20N2O4/c1-2-10-3-4-19-13(10)5-11(7-16)15(8-13)12(18)6-14-9-17/h7,9-11H,2-6,8H2,1H3,(H,14,17). The van der Waals surface area contributed by atoms with Crippen LogP contribution < -0.4 is 5.32 Å². The summed E-state index contributed by atoms with van der Waals surface area (Å²) in [5.74, 6) is 0.165. The second-order valence-electron chi connectivity index (χ2n) is 5.24. The zero-order valence-corrected chi connectivity index (χ0v) is 11.1. The van der Waals surface area contributed by atoms with Gasteiger partial charge in [-0.2, -0.15) is 0 Å². The molecule has 19 heavy (non-hydrogen) atoms. The van der Waals surface area contributed by atoms with Gasteiger partial charge in [-0.15, -0.1) is 0 Å². The van der Waals surface area contributed by atoms with E-state index in [0.717, 1.165) is 19.1 Å². The second kappa shape index (κ2) is 5.69. The first-order valence-electron chi connectivity index (χ1n) is 6.72. The summed E-state index contributed by atoms with van der Waals surface area (Å²) in [7, 11) is 0. The van der Waals surface area contributed by atoms with Gasteiger partial charge in [0.1, 0.15) is 6.29 Å². The Kier molecular flexibility index (Phi) is 4.19. The van der Waals surface area contributed by atoms with Crippen LogP contribution in [0.25, 0.3) is 0 Å². The number of carbonyl (C=O) groups excluding carboxylic acids is 3. The first-order chi connectivity index (χ1) is 9.16. The number of hydrogen-bond acceptors (Lipinski definition) is 4. The Balaban J connectivity index is 2.11. The number of nitrogens with one attached hydrogen (secondary N) is 1. The average molecular weight is 268 g/mol. The van der Waals surface area contributed by atoms with Crippen LogP contribution >= 0.6 is 0 Å². The molecule has 0 saturated carbocycles. The van der Waals surface area contributed by atoms with Gasteiger partial charge in [0.15, 0.2) is 0 Å². The molecule has 106 valence electrons. The van der Waals surface area contributed by atoms with Crippen LogP contribution in [-0.4, -0.2) is 54.8 Å². The highest BCUT2D eigenvalue weighted by atomic mass is 16.5. The number of nitrogens with zero attached hydrogens (tertiary/aromatic N) is 1. The monoisotopic (exact) mass is 268 g/mol. The van der Waals surface area contributed by atoms with Crippen molar-refractivity contribution in [1.82, 2.24) is 10.2 Å². The first kappa shape index (κ1) is 14.0. The van der Waals surface area contributed by atoms with Gasteiger partial charge >= 0.3 is 0 Å². The van der Waals surface area contributed by atoms with Crippen LogP contribution in [0.1, 0.15) is 26.2 Å². The summed E-state index contributed by atoms with van der Waals surface area (Å²) >= 11 is 0. The Morgan fingerprint density at radius 1 is 1.53 bits per heavy atom. The summed E-state index contributed by atoms with van der Waals surface area (Å²) in [6.07, 6.45) is 3.83. The fraction of sp³-hybridized carbons (Fsp3) is 0.769. The topological polar surface area (TPSA) is 75.7 Å². The molecule has 2 amide bonds. The lowest BCUT2D eigenvalue weighted by Crippen LogP contribution is -2.44. The van der Waals surface area contributed by atoms with Crippen LogP contribution in [0.5, 0.6) is 0 Å². The molecule has 0 aromatic carbocycles. The summed E-state index contributed by atoms with van der Waals surface area (Å²) < 4.78 is 5.88. The molecule has 3 atom stereocenters. The molecule has 2 aliphatic rings. The zero-order chi connectivity index (χ0) is 13.9. The van der Waals surface area contributed by atoms with Gasteiger partial charge in [0, 0.05) is 13.0 Å². The predicted molar refractivity (Wildman–Crippen MR) is 67.3 cm³/mol. The Morgan fingerprint density at radius 2 is 2.32 bits per heavy atom. The van der Waals surface area contributed by atoms with Gasteiger partial charge in [-0.1, -0.05) is 13.3 Å². The molecular weight excluding hydrogens is 248 g/mol. The molecule has 1 N–H and O–H groups in total. The van der Waals surface area contributed by atoms with Crippen LogP contribution in [0, 0.1) is 5.92 Å². The molecule has 0 aromatic heterocycles. The molecule has 6 nitrogen and oxygen atoms in total. The van der Waals surface area contributed by atoms with Gasteiger partial charge < -0.3 is 19.7 Å². The molecule has 2 saturated heterocycles. The van der Waals surface area contributed by atoms with Gasteiger partial charge in [0.05, 0.1) is 24.7 Å². The van der Waals surface area contributed by atoms with Crippen LogP contribution in [0.15, 0.2) is 0 Å². The van der Waals surface area contributed by atoms with Gasteiger partial charge in [0.25, 0.3) is 0 Å². The van der Waals surface area contributed by atoms with E-state index in [2.05, 4.69) is 12.2 Å². The van der Waals surface area contributed by atoms with E-state index >= 15 is 0 Å². The molecule has 2 heterocycles. The van der Waals surface area contributed by atoms with Gasteiger partial charge in [-0.25, -0.2) is 0 Å². The molecule has 0 aromatic rings. The summed E-state index contributed by atoms with van der Waals surface area (Å²) in [6, 6.07) is -0.437. The predicted octanol–water partition coefficient (Wildman–Crippen LogP) is -0.282. The minimum Gasteiger partial charge on any atom is -0.373 e. The van der Waals surface area contributed by atoms with E-state index in [-0.39, 0.29) is 18.1 Å². The van der Waals surface area contributed by atoms with Crippen molar-refractivity contribution < 1.29 is 19.1 Å². The molecule has 2 fully saturated rings. The number of amides is 2. The number of ether oxygens (including phenoxy) is 1. The maximum atomic E-state index is 12.0. The SMILES string of the molecule is CCC1CCOC12CC(C=O)N(C(=O)CNC=O)C2. The van der Waals surface area contributed by atoms with Crippen LogP contribution in [0.4, 0.5) is 0 Å². The first-order valence-corrected chi connectivity index (χ1v) is 6.72. The number of aldehydes is 1. The van der Waals surface area contributed by atoms with E-state index in [4.69, 9.17) is 4.74 Å². The Hall–Kier alpha value is -1.43. The molecule has 3 unspecified atom stereocenters. The van der Waals surface area contributed by atoms with E-state index in [0.29, 0.717) is 31.9 Å². The smallest absolute Gasteiger partial charge is 0.242 e. The molecule has 0 radical (unpaired) electrons. The molecule has 6 heteroatoms. The molecular formula is C13H20N2O4. The maximum Gasteiger partial charge on any atom is 0.242 e. The minimum atomic E-state index is -0.437. The largest absolute Gasteiger partial charge is 0.373 e. The lowest BCUT2D eigenvalue weighted by molar-refractivity contribution is -0.135. The van der Waals surface area contributed by atoms with Crippen molar-refractivity contribution >= 4 is 18.6 Å². The van der Waals surface area contributed by atoms with E-state index in [9.17, 15) is 14.4 Å². The minimum absolute atomic E-state index is 0.0687. The highest BCUT2D eigenvalue weighted by Gasteiger charge is 2.53. The van der Waals surface area contributed by atoms with E-state index in [1.807, 2.05) is 0 Å². The number of likely N-dealkylation sites (tertiary alicyclic amines) is 1. The van der Waals surface area contributed by atoms with Crippen molar-refractivity contribution in [2.45, 2.75) is 37.8 Å². The highest BCUT2D eigenvalue weighted by molar-refractivity contribution is 5.83. The van der Waals surface area contributed by atoms with Crippen molar-refractivity contribution in [2.75, 3.05) is 19.7 Å². The third kappa shape index (κ3) is 2.49. The van der Waals surface area contributed by atoms with Crippen LogP contribution in [0.3, 0.4) is 0 Å². The molecule has 0 bridgehead atoms. The van der Waals surface area contributed by atoms with Crippen molar-refractivity contribution in [1.29, 1.82) is 0 Å². The van der Waals surface area contributed by atoms with Crippen molar-refractivity contribution in [3.05, 3.63) is 0 Å². The molecule has 0 aliphatic carbocycles. The number of hydrogen-bond donors (Lipinski definition) is 1. The second-order valence-corrected chi connectivity index (χ2v) is 5.24. The normalized spacial score (nSPS) is 33.6. The van der Waals surface area contributed by atoms with Crippen molar-refractivity contribution in [2.24, 2.45) is 5.92 Å². The lowest BCUT2D eigenvalue weighted by Gasteiger charge is -2.29. The lowest BCUT2D eigenvalue weighted by atomic mass is 9.83. The Labute approximate surface area is 112 Å². The van der Waals surface area contributed by atoms with Crippen molar-refractivity contribution in [3.8, 4) is 0 Å². The van der Waals surface area contributed by atoms with E-state index in [1.165, 1.54) is 4.90 Å². The average Bonchev–Trinajstić information content (AvgIpc) is 3.00. The highest BCUT2D eigenvalue weighted by Crippen LogP contribution is 2.43. The third-order valence-corrected chi connectivity index (χ3v) is 4.30. The number of carbonyl (C=O) groups is 3. The quantitative estimate of drug-likeness (QED) is 0.696. The molecule has 2 rings (SSSR count). The fourth-order valence-electron chi connectivity index (χ4n) is 3.32. The Morgan fingerprint density at radius 3 is 2.95 bits per heavy atom. The summed E-state index contributed by atoms with van der Waals surface area (Å²) in [5, 5.41) is 2.35. The van der Waals surface area contributed by atoms with Crippen LogP contribution in [-0.2, 0) is 19.1 Å². The van der Waals surface area contributed by atoms with E-state index < -0.39 is 6.04 Å². The fourth-order valence-corrected chi connectivity index (χ4v) is 3.32. The number of rotatable bonds is 5. The van der Waals surface area contributed by atoms with E-state index in [1.54, 1.807) is 0 Å². The van der Waals surface area contributed by atoms with Gasteiger partial charge in [-0.05, 0) is 12.3 Å². The Bertz CT molecular complexity index is 374. The molecule has 2 aliphatic heterocycles. The maximum absolute atomic E-state index is 12.0. The summed E-state index contributed by atoms with van der Waals surface area (Å²) in [4.78, 5) is 35.0. The summed E-state index contributed by atoms with van der Waals surface area (Å²) in [6.45, 7) is 3.18. The van der Waals surface area contributed by atoms with Gasteiger partial charge in [-0.3, -0.25) is 9.59 Å². The van der Waals surface area contributed by atoms with Crippen molar-refractivity contribution in [3.63, 3.8) is 0 Å². The van der Waals surface area contributed by atoms with Crippen LogP contribution in [0.2, 0.25) is 0 Å². The van der Waals surface area contributed by atoms with Gasteiger partial charge in [0.2, 0.25) is 12.3 Å². The summed E-state index contributed by atoms with van der Waals surface area (Å²) in [5.41, 5.74) is -0.364. The zero-order valence-electron chi connectivity index (χ0n) is 11.1. The molecule has 1 spiro atoms.